The lowest BCUT2D eigenvalue weighted by Crippen LogP contribution is -2.22. The first-order valence-electron chi connectivity index (χ1n) is 6.47. The number of hydrogen-bond donors (Lipinski definition) is 1. The van der Waals surface area contributed by atoms with Crippen LogP contribution in [-0.4, -0.2) is 29.2 Å². The molecule has 0 saturated heterocycles. The number of rotatable bonds is 5. The zero-order valence-electron chi connectivity index (χ0n) is 11.9. The minimum absolute atomic E-state index is 0.406. The standard InChI is InChI=1S/C13H18N4OSSi/c1-20(2,3)5-4-18-9-17-8-10(6-14)11-7-15-13(19)16-12(11)17/h7-8H,4-5,9H2,1-3H3,(H,15,16,19). The Bertz CT molecular complexity index is 708. The number of aromatic nitrogens is 3. The van der Waals surface area contributed by atoms with Gasteiger partial charge in [0.15, 0.2) is 4.77 Å². The minimum Gasteiger partial charge on any atom is -0.361 e. The van der Waals surface area contributed by atoms with Crippen molar-refractivity contribution in [1.29, 1.82) is 5.26 Å². The summed E-state index contributed by atoms with van der Waals surface area (Å²) in [6.45, 7) is 8.11. The predicted octanol–water partition coefficient (Wildman–Crippen LogP) is 3.28. The van der Waals surface area contributed by atoms with Gasteiger partial charge in [-0.15, -0.1) is 0 Å². The fourth-order valence-electron chi connectivity index (χ4n) is 1.83. The molecule has 7 heteroatoms. The number of fused-ring (bicyclic) bond motifs is 1. The Morgan fingerprint density at radius 2 is 2.25 bits per heavy atom. The van der Waals surface area contributed by atoms with E-state index in [0.29, 0.717) is 17.1 Å². The van der Waals surface area contributed by atoms with Gasteiger partial charge in [-0.25, -0.2) is 4.98 Å². The summed E-state index contributed by atoms with van der Waals surface area (Å²) in [5.41, 5.74) is 1.36. The van der Waals surface area contributed by atoms with Crippen molar-refractivity contribution in [2.24, 2.45) is 0 Å². The molecule has 0 aliphatic carbocycles. The molecule has 2 rings (SSSR count). The first-order valence-corrected chi connectivity index (χ1v) is 10.6. The van der Waals surface area contributed by atoms with Crippen LogP contribution in [0.4, 0.5) is 0 Å². The molecule has 0 amide bonds. The van der Waals surface area contributed by atoms with E-state index in [1.165, 1.54) is 0 Å². The number of H-pyrrole nitrogens is 1. The molecular weight excluding hydrogens is 288 g/mol. The molecule has 2 aromatic rings. The van der Waals surface area contributed by atoms with E-state index in [2.05, 4.69) is 35.7 Å². The summed E-state index contributed by atoms with van der Waals surface area (Å²) < 4.78 is 7.99. The van der Waals surface area contributed by atoms with Crippen LogP contribution in [0.5, 0.6) is 0 Å². The summed E-state index contributed by atoms with van der Waals surface area (Å²) in [6.07, 6.45) is 3.40. The molecule has 106 valence electrons. The summed E-state index contributed by atoms with van der Waals surface area (Å²) in [5.74, 6) is 0. The molecule has 0 aliphatic rings. The molecule has 2 aromatic heterocycles. The van der Waals surface area contributed by atoms with Gasteiger partial charge in [0, 0.05) is 27.1 Å². The third-order valence-corrected chi connectivity index (χ3v) is 4.91. The van der Waals surface area contributed by atoms with Crippen LogP contribution in [-0.2, 0) is 11.5 Å². The quantitative estimate of drug-likeness (QED) is 0.523. The maximum absolute atomic E-state index is 9.13. The Hall–Kier alpha value is -1.49. The molecule has 1 N–H and O–H groups in total. The molecule has 20 heavy (non-hydrogen) atoms. The van der Waals surface area contributed by atoms with Crippen LogP contribution in [0.25, 0.3) is 11.0 Å². The number of hydrogen-bond acceptors (Lipinski definition) is 4. The molecule has 0 spiro atoms. The van der Waals surface area contributed by atoms with Crippen LogP contribution in [0.3, 0.4) is 0 Å². The van der Waals surface area contributed by atoms with E-state index in [9.17, 15) is 0 Å². The topological polar surface area (TPSA) is 66.6 Å². The smallest absolute Gasteiger partial charge is 0.198 e. The van der Waals surface area contributed by atoms with Gasteiger partial charge in [-0.2, -0.15) is 5.26 Å². The Kier molecular flexibility index (Phi) is 4.38. The minimum atomic E-state index is -1.08. The summed E-state index contributed by atoms with van der Waals surface area (Å²) in [6, 6.07) is 3.28. The molecule has 0 radical (unpaired) electrons. The van der Waals surface area contributed by atoms with Crippen molar-refractivity contribution < 1.29 is 4.74 Å². The maximum atomic E-state index is 9.13. The predicted molar refractivity (Wildman–Crippen MR) is 83.7 cm³/mol. The van der Waals surface area contributed by atoms with Gasteiger partial charge in [-0.05, 0) is 18.3 Å². The molecule has 0 atom stereocenters. The van der Waals surface area contributed by atoms with Crippen LogP contribution in [0, 0.1) is 16.1 Å². The summed E-state index contributed by atoms with van der Waals surface area (Å²) in [5, 5.41) is 9.90. The van der Waals surface area contributed by atoms with E-state index >= 15 is 0 Å². The molecule has 2 heterocycles. The van der Waals surface area contributed by atoms with Crippen molar-refractivity contribution in [3.8, 4) is 6.07 Å². The SMILES string of the molecule is C[Si](C)(C)CCOCn1cc(C#N)c2cnc(=S)[nH]c21. The first-order chi connectivity index (χ1) is 9.40. The lowest BCUT2D eigenvalue weighted by molar-refractivity contribution is 0.0898. The van der Waals surface area contributed by atoms with Crippen molar-refractivity contribution in [1.82, 2.24) is 14.5 Å². The highest BCUT2D eigenvalue weighted by molar-refractivity contribution is 7.71. The van der Waals surface area contributed by atoms with Gasteiger partial charge < -0.3 is 14.3 Å². The third kappa shape index (κ3) is 3.54. The van der Waals surface area contributed by atoms with E-state index in [1.807, 2.05) is 4.57 Å². The van der Waals surface area contributed by atoms with Crippen LogP contribution < -0.4 is 0 Å². The Morgan fingerprint density at radius 3 is 2.90 bits per heavy atom. The average molecular weight is 306 g/mol. The number of nitrogens with one attached hydrogen (secondary N) is 1. The second-order valence-electron chi connectivity index (χ2n) is 5.92. The average Bonchev–Trinajstić information content (AvgIpc) is 2.71. The van der Waals surface area contributed by atoms with Gasteiger partial charge in [-0.1, -0.05) is 19.6 Å². The Morgan fingerprint density at radius 1 is 1.50 bits per heavy atom. The van der Waals surface area contributed by atoms with E-state index in [4.69, 9.17) is 22.2 Å². The Balaban J connectivity index is 2.16. The van der Waals surface area contributed by atoms with E-state index in [-0.39, 0.29) is 0 Å². The highest BCUT2D eigenvalue weighted by Gasteiger charge is 2.13. The number of nitrogens with zero attached hydrogens (tertiary/aromatic N) is 3. The molecular formula is C13H18N4OSSi. The maximum Gasteiger partial charge on any atom is 0.198 e. The summed E-state index contributed by atoms with van der Waals surface area (Å²) in [4.78, 5) is 7.03. The highest BCUT2D eigenvalue weighted by atomic mass is 32.1. The van der Waals surface area contributed by atoms with Gasteiger partial charge >= 0.3 is 0 Å². The number of nitriles is 1. The van der Waals surface area contributed by atoms with Crippen molar-refractivity contribution in [2.75, 3.05) is 6.61 Å². The molecule has 0 bridgehead atoms. The second-order valence-corrected chi connectivity index (χ2v) is 11.9. The number of ether oxygens (including phenoxy) is 1. The zero-order valence-corrected chi connectivity index (χ0v) is 13.8. The van der Waals surface area contributed by atoms with E-state index in [1.54, 1.807) is 12.4 Å². The molecule has 0 aliphatic heterocycles. The Labute approximate surface area is 124 Å². The van der Waals surface area contributed by atoms with E-state index < -0.39 is 8.07 Å². The zero-order chi connectivity index (χ0) is 14.8. The van der Waals surface area contributed by atoms with E-state index in [0.717, 1.165) is 23.7 Å². The molecule has 5 nitrogen and oxygen atoms in total. The molecule has 0 aromatic carbocycles. The fourth-order valence-corrected chi connectivity index (χ4v) is 2.74. The van der Waals surface area contributed by atoms with Crippen LogP contribution in [0.15, 0.2) is 12.4 Å². The van der Waals surface area contributed by atoms with Crippen molar-refractivity contribution in [3.05, 3.63) is 22.7 Å². The third-order valence-electron chi connectivity index (χ3n) is 3.00. The lowest BCUT2D eigenvalue weighted by atomic mass is 10.3. The second kappa shape index (κ2) is 5.87. The van der Waals surface area contributed by atoms with Crippen molar-refractivity contribution >= 4 is 31.3 Å². The van der Waals surface area contributed by atoms with Crippen LogP contribution in [0.2, 0.25) is 25.7 Å². The van der Waals surface area contributed by atoms with Crippen molar-refractivity contribution in [3.63, 3.8) is 0 Å². The number of aromatic amines is 1. The molecule has 0 unspecified atom stereocenters. The van der Waals surface area contributed by atoms with Gasteiger partial charge in [0.1, 0.15) is 18.4 Å². The largest absolute Gasteiger partial charge is 0.361 e. The fraction of sp³-hybridized carbons (Fsp3) is 0.462. The molecule has 0 saturated carbocycles. The van der Waals surface area contributed by atoms with Gasteiger partial charge in [0.2, 0.25) is 0 Å². The van der Waals surface area contributed by atoms with Crippen molar-refractivity contribution in [2.45, 2.75) is 32.4 Å². The van der Waals surface area contributed by atoms with Crippen LogP contribution >= 0.6 is 12.2 Å². The van der Waals surface area contributed by atoms with Gasteiger partial charge in [0.05, 0.1) is 10.9 Å². The summed E-state index contributed by atoms with van der Waals surface area (Å²) >= 11 is 5.03. The van der Waals surface area contributed by atoms with Crippen LogP contribution in [0.1, 0.15) is 5.56 Å². The van der Waals surface area contributed by atoms with Gasteiger partial charge in [-0.3, -0.25) is 0 Å². The van der Waals surface area contributed by atoms with Gasteiger partial charge in [0.25, 0.3) is 0 Å². The lowest BCUT2D eigenvalue weighted by Gasteiger charge is -2.15. The monoisotopic (exact) mass is 306 g/mol. The normalized spacial score (nSPS) is 11.7. The highest BCUT2D eigenvalue weighted by Crippen LogP contribution is 2.18. The first kappa shape index (κ1) is 14.9. The molecule has 0 fully saturated rings. The summed E-state index contributed by atoms with van der Waals surface area (Å²) in [7, 11) is -1.08.